The van der Waals surface area contributed by atoms with E-state index in [9.17, 15) is 27.6 Å². The highest BCUT2D eigenvalue weighted by Crippen LogP contribution is 2.19. The number of carbonyl (C=O) groups is 3. The molecule has 28 heavy (non-hydrogen) atoms. The van der Waals surface area contributed by atoms with Crippen molar-refractivity contribution in [3.05, 3.63) is 64.5 Å². The van der Waals surface area contributed by atoms with Gasteiger partial charge < -0.3 is 15.4 Å². The molecule has 0 aliphatic heterocycles. The van der Waals surface area contributed by atoms with Gasteiger partial charge in [0.1, 0.15) is 6.54 Å². The Bertz CT molecular complexity index is 932. The zero-order valence-corrected chi connectivity index (χ0v) is 15.1. The fraction of sp³-hybridized carbons (Fsp3) is 0.211. The van der Waals surface area contributed by atoms with E-state index in [-0.39, 0.29) is 0 Å². The van der Waals surface area contributed by atoms with Crippen LogP contribution in [-0.2, 0) is 14.3 Å². The van der Waals surface area contributed by atoms with E-state index in [1.165, 1.54) is 0 Å². The zero-order valence-electron chi connectivity index (χ0n) is 15.1. The van der Waals surface area contributed by atoms with E-state index in [1.54, 1.807) is 18.2 Å². The second-order valence-corrected chi connectivity index (χ2v) is 5.91. The number of ether oxygens (including phenoxy) is 1. The molecule has 0 saturated heterocycles. The SMILES string of the molecule is Cc1ccc(C(=O)NCC(=O)OCC(=O)Nc2ccc(F)c(F)c2F)cc1C. The van der Waals surface area contributed by atoms with Gasteiger partial charge in [-0.1, -0.05) is 6.07 Å². The van der Waals surface area contributed by atoms with Crippen molar-refractivity contribution in [2.24, 2.45) is 0 Å². The van der Waals surface area contributed by atoms with Crippen LogP contribution in [0.15, 0.2) is 30.3 Å². The zero-order chi connectivity index (χ0) is 20.8. The molecule has 0 unspecified atom stereocenters. The third-order valence-corrected chi connectivity index (χ3v) is 3.84. The Morgan fingerprint density at radius 2 is 1.68 bits per heavy atom. The third kappa shape index (κ3) is 5.32. The highest BCUT2D eigenvalue weighted by atomic mass is 19.2. The van der Waals surface area contributed by atoms with Crippen molar-refractivity contribution in [2.75, 3.05) is 18.5 Å². The number of hydrogen-bond acceptors (Lipinski definition) is 4. The van der Waals surface area contributed by atoms with Crippen LogP contribution >= 0.6 is 0 Å². The summed E-state index contributed by atoms with van der Waals surface area (Å²) >= 11 is 0. The lowest BCUT2D eigenvalue weighted by atomic mass is 10.1. The Morgan fingerprint density at radius 1 is 0.964 bits per heavy atom. The highest BCUT2D eigenvalue weighted by Gasteiger charge is 2.16. The van der Waals surface area contributed by atoms with E-state index in [2.05, 4.69) is 10.1 Å². The summed E-state index contributed by atoms with van der Waals surface area (Å²) in [4.78, 5) is 35.2. The summed E-state index contributed by atoms with van der Waals surface area (Å²) in [5.74, 6) is -7.06. The first-order valence-electron chi connectivity index (χ1n) is 8.13. The first kappa shape index (κ1) is 20.9. The van der Waals surface area contributed by atoms with Gasteiger partial charge in [-0.05, 0) is 49.2 Å². The summed E-state index contributed by atoms with van der Waals surface area (Å²) in [6, 6.07) is 6.51. The van der Waals surface area contributed by atoms with Gasteiger partial charge in [0.25, 0.3) is 11.8 Å². The van der Waals surface area contributed by atoms with Crippen LogP contribution in [-0.4, -0.2) is 30.9 Å². The maximum absolute atomic E-state index is 13.5. The van der Waals surface area contributed by atoms with Gasteiger partial charge in [-0.3, -0.25) is 14.4 Å². The van der Waals surface area contributed by atoms with Gasteiger partial charge in [-0.15, -0.1) is 0 Å². The number of benzene rings is 2. The standard InChI is InChI=1S/C19H17F3N2O4/c1-10-3-4-12(7-11(10)2)19(27)23-8-16(26)28-9-15(25)24-14-6-5-13(20)17(21)18(14)22/h3-7H,8-9H2,1-2H3,(H,23,27)(H,24,25). The Kier molecular flexibility index (Phi) is 6.75. The molecule has 0 aliphatic carbocycles. The Labute approximate surface area is 158 Å². The number of aryl methyl sites for hydroxylation is 2. The van der Waals surface area contributed by atoms with Crippen molar-refractivity contribution < 1.29 is 32.3 Å². The maximum atomic E-state index is 13.5. The van der Waals surface area contributed by atoms with E-state index in [4.69, 9.17) is 0 Å². The number of carbonyl (C=O) groups excluding carboxylic acids is 3. The summed E-state index contributed by atoms with van der Waals surface area (Å²) in [6.45, 7) is 2.45. The molecule has 0 spiro atoms. The normalized spacial score (nSPS) is 10.3. The minimum atomic E-state index is -1.73. The minimum absolute atomic E-state index is 0.363. The fourth-order valence-corrected chi connectivity index (χ4v) is 2.14. The molecule has 0 heterocycles. The summed E-state index contributed by atoms with van der Waals surface area (Å²) in [6.07, 6.45) is 0. The molecule has 0 aliphatic rings. The average molecular weight is 394 g/mol. The van der Waals surface area contributed by atoms with Crippen molar-refractivity contribution in [1.82, 2.24) is 5.32 Å². The van der Waals surface area contributed by atoms with E-state index < -0.39 is 54.1 Å². The van der Waals surface area contributed by atoms with Crippen LogP contribution in [0.4, 0.5) is 18.9 Å². The number of esters is 1. The summed E-state index contributed by atoms with van der Waals surface area (Å²) in [5, 5.41) is 4.30. The molecule has 0 fully saturated rings. The van der Waals surface area contributed by atoms with Gasteiger partial charge in [-0.2, -0.15) is 0 Å². The van der Waals surface area contributed by atoms with Crippen molar-refractivity contribution in [3.8, 4) is 0 Å². The molecule has 0 saturated carbocycles. The van der Waals surface area contributed by atoms with Gasteiger partial charge in [0.2, 0.25) is 0 Å². The van der Waals surface area contributed by atoms with Gasteiger partial charge in [0.15, 0.2) is 24.1 Å². The van der Waals surface area contributed by atoms with Crippen LogP contribution in [0, 0.1) is 31.3 Å². The molecule has 0 bridgehead atoms. The van der Waals surface area contributed by atoms with Crippen LogP contribution in [0.25, 0.3) is 0 Å². The quantitative estimate of drug-likeness (QED) is 0.583. The van der Waals surface area contributed by atoms with E-state index in [1.807, 2.05) is 19.2 Å². The maximum Gasteiger partial charge on any atom is 0.325 e. The average Bonchev–Trinajstić information content (AvgIpc) is 2.67. The number of anilines is 1. The predicted octanol–water partition coefficient (Wildman–Crippen LogP) is 2.63. The summed E-state index contributed by atoms with van der Waals surface area (Å²) < 4.78 is 44.0. The molecule has 9 heteroatoms. The molecule has 2 aromatic carbocycles. The topological polar surface area (TPSA) is 84.5 Å². The van der Waals surface area contributed by atoms with E-state index >= 15 is 0 Å². The first-order valence-corrected chi connectivity index (χ1v) is 8.13. The van der Waals surface area contributed by atoms with Crippen LogP contribution in [0.3, 0.4) is 0 Å². The lowest BCUT2D eigenvalue weighted by molar-refractivity contribution is -0.146. The molecule has 6 nitrogen and oxygen atoms in total. The molecule has 148 valence electrons. The lowest BCUT2D eigenvalue weighted by Gasteiger charge is -2.09. The van der Waals surface area contributed by atoms with Gasteiger partial charge >= 0.3 is 5.97 Å². The Morgan fingerprint density at radius 3 is 2.36 bits per heavy atom. The van der Waals surface area contributed by atoms with Gasteiger partial charge in [-0.25, -0.2) is 13.2 Å². The smallest absolute Gasteiger partial charge is 0.325 e. The highest BCUT2D eigenvalue weighted by molar-refractivity contribution is 5.96. The van der Waals surface area contributed by atoms with Gasteiger partial charge in [0, 0.05) is 5.56 Å². The predicted molar refractivity (Wildman–Crippen MR) is 94.2 cm³/mol. The number of nitrogens with one attached hydrogen (secondary N) is 2. The Hall–Kier alpha value is -3.36. The number of hydrogen-bond donors (Lipinski definition) is 2. The largest absolute Gasteiger partial charge is 0.454 e. The Balaban J connectivity index is 1.80. The van der Waals surface area contributed by atoms with Crippen molar-refractivity contribution in [2.45, 2.75) is 13.8 Å². The molecule has 0 aromatic heterocycles. The van der Waals surface area contributed by atoms with Gasteiger partial charge in [0.05, 0.1) is 5.69 Å². The fourth-order valence-electron chi connectivity index (χ4n) is 2.14. The third-order valence-electron chi connectivity index (χ3n) is 3.84. The lowest BCUT2D eigenvalue weighted by Crippen LogP contribution is -2.32. The van der Waals surface area contributed by atoms with Crippen molar-refractivity contribution in [3.63, 3.8) is 0 Å². The second kappa shape index (κ2) is 9.03. The number of rotatable bonds is 6. The van der Waals surface area contributed by atoms with E-state index in [0.717, 1.165) is 17.2 Å². The molecule has 0 radical (unpaired) electrons. The van der Waals surface area contributed by atoms with Crippen LogP contribution < -0.4 is 10.6 Å². The molecule has 2 N–H and O–H groups in total. The van der Waals surface area contributed by atoms with Crippen LogP contribution in [0.1, 0.15) is 21.5 Å². The van der Waals surface area contributed by atoms with Crippen molar-refractivity contribution >= 4 is 23.5 Å². The first-order chi connectivity index (χ1) is 13.2. The number of amides is 2. The number of halogens is 3. The summed E-state index contributed by atoms with van der Waals surface area (Å²) in [5.41, 5.74) is 1.70. The molecule has 0 atom stereocenters. The molecule has 2 aromatic rings. The molecular formula is C19H17F3N2O4. The van der Waals surface area contributed by atoms with Crippen molar-refractivity contribution in [1.29, 1.82) is 0 Å². The van der Waals surface area contributed by atoms with Crippen LogP contribution in [0.2, 0.25) is 0 Å². The minimum Gasteiger partial charge on any atom is -0.454 e. The molecule has 2 rings (SSSR count). The molecule has 2 amide bonds. The molecular weight excluding hydrogens is 377 g/mol. The monoisotopic (exact) mass is 394 g/mol. The second-order valence-electron chi connectivity index (χ2n) is 5.91. The van der Waals surface area contributed by atoms with Crippen LogP contribution in [0.5, 0.6) is 0 Å². The summed E-state index contributed by atoms with van der Waals surface area (Å²) in [7, 11) is 0. The van der Waals surface area contributed by atoms with E-state index in [0.29, 0.717) is 11.6 Å².